The minimum atomic E-state index is -0.446. The van der Waals surface area contributed by atoms with Crippen molar-refractivity contribution >= 4 is 133 Å². The Labute approximate surface area is 755 Å². The summed E-state index contributed by atoms with van der Waals surface area (Å²) >= 11 is 3.53. The molecule has 4 heterocycles. The van der Waals surface area contributed by atoms with Gasteiger partial charge in [-0.15, -0.1) is 0 Å². The topological polar surface area (TPSA) is 113 Å². The summed E-state index contributed by atoms with van der Waals surface area (Å²) in [5.74, 6) is 2.44. The Morgan fingerprint density at radius 3 is 0.711 bits per heavy atom. The van der Waals surface area contributed by atoms with Gasteiger partial charge in [-0.2, -0.15) is 5.26 Å². The zero-order valence-electron chi connectivity index (χ0n) is 67.9. The third-order valence-corrected chi connectivity index (χ3v) is 31.8. The Hall–Kier alpha value is -10.1. The van der Waals surface area contributed by atoms with Gasteiger partial charge < -0.3 is 32.8 Å². The van der Waals surface area contributed by atoms with Gasteiger partial charge >= 0.3 is 19.5 Å². The Bertz CT molecular complexity index is 4900. The van der Waals surface area contributed by atoms with E-state index in [1.54, 1.807) is 0 Å². The van der Waals surface area contributed by atoms with E-state index < -0.39 is 31.7 Å². The SMILES string of the molecule is Brc1ccc2c(c1)nc1n2CCN(C2CCC2)CC1.N#Cc1ccc2c(c1)nc1n2CCN(C2CCC2)CC1.[C-]#N.[C-]#N.[Pd].[Zn+2].c1ccc(P(c2ccccc2)c2ccccc2)cc1.c1ccc(P(c2ccccc2)c2ccccc2)cc1.c1ccc(P(c2ccccc2)c2ccccc2)cc1.c1ccc(P(c2ccccc2)c2ccccc2)cc1. The van der Waals surface area contributed by atoms with Gasteiger partial charge in [0.1, 0.15) is 11.6 Å². The van der Waals surface area contributed by atoms with Gasteiger partial charge in [-0.3, -0.25) is 9.80 Å². The molecule has 0 unspecified atom stereocenters. The number of rotatable bonds is 14. The molecule has 16 aromatic rings. The van der Waals surface area contributed by atoms with Crippen molar-refractivity contribution in [3.63, 3.8) is 0 Å². The zero-order valence-corrected chi connectivity index (χ0v) is 77.6. The van der Waals surface area contributed by atoms with Crippen molar-refractivity contribution in [2.24, 2.45) is 0 Å². The van der Waals surface area contributed by atoms with E-state index in [1.807, 2.05) is 18.2 Å². The van der Waals surface area contributed by atoms with Crippen LogP contribution >= 0.6 is 47.6 Å². The van der Waals surface area contributed by atoms with Crippen LogP contribution in [0.1, 0.15) is 55.7 Å². The number of imidazole rings is 2. The Morgan fingerprint density at radius 1 is 0.289 bits per heavy atom. The molecule has 0 radical (unpaired) electrons. The molecule has 2 aliphatic heterocycles. The molecule has 0 bridgehead atoms. The third kappa shape index (κ3) is 25.1. The maximum Gasteiger partial charge on any atom is 2.00 e. The molecule has 0 saturated heterocycles. The Morgan fingerprint density at radius 2 is 0.504 bits per heavy atom. The van der Waals surface area contributed by atoms with Crippen LogP contribution in [0, 0.1) is 35.0 Å². The second-order valence-corrected chi connectivity index (χ2v) is 38.7. The van der Waals surface area contributed by atoms with Crippen molar-refractivity contribution in [3.05, 3.63) is 435 Å². The van der Waals surface area contributed by atoms with Crippen molar-refractivity contribution in [2.75, 3.05) is 26.2 Å². The van der Waals surface area contributed by atoms with Crippen molar-refractivity contribution in [2.45, 2.75) is 76.5 Å². The van der Waals surface area contributed by atoms with Crippen molar-refractivity contribution in [1.82, 2.24) is 28.9 Å². The molecular weight excluding hydrogens is 1760 g/mol. The van der Waals surface area contributed by atoms with Crippen LogP contribution in [0.4, 0.5) is 0 Å². The van der Waals surface area contributed by atoms with E-state index >= 15 is 0 Å². The van der Waals surface area contributed by atoms with Crippen LogP contribution in [0.25, 0.3) is 22.1 Å². The molecular formula is C105H96BrN9P4PdZn. The summed E-state index contributed by atoms with van der Waals surface area (Å²) in [5.41, 5.74) is 5.25. The van der Waals surface area contributed by atoms with E-state index in [0.29, 0.717) is 5.56 Å². The fourth-order valence-electron chi connectivity index (χ4n) is 15.4. The Kier molecular flexibility index (Phi) is 37.2. The second kappa shape index (κ2) is 49.1. The predicted octanol–water partition coefficient (Wildman–Crippen LogP) is 19.5. The van der Waals surface area contributed by atoms with Gasteiger partial charge in [0.05, 0.1) is 33.7 Å². The standard InChI is InChI=1S/4C18H15P.C16H18N4.C15H18BrN3.2CN.Pd.Zn/c4*1-4-10-16(11-5-1)19(17-12-6-2-7-13-17)18-14-8-3-9-15-18;17-11-12-4-5-15-14(10-12)18-16-6-7-19(8-9-20(15)16)13-2-1-3-13;16-11-4-5-14-13(10-11)17-15-6-7-18(8-9-19(14)15)12-2-1-3-12;2*1-2;;/h4*1-15H;4-5,10,13H,1-3,6-9H2;4-5,10,12H,1-3,6-9H2;;;;/q;;;;;;2*-1;;+2. The fourth-order valence-corrected chi connectivity index (χ4v) is 25.0. The van der Waals surface area contributed by atoms with E-state index in [2.05, 4.69) is 423 Å². The second-order valence-electron chi connectivity index (χ2n) is 28.9. The summed E-state index contributed by atoms with van der Waals surface area (Å²) in [7, 11) is -1.78. The number of hydrogen-bond acceptors (Lipinski definition) is 7. The molecule has 2 saturated carbocycles. The molecule has 0 atom stereocenters. The summed E-state index contributed by atoms with van der Waals surface area (Å²) in [6.45, 7) is 16.2. The van der Waals surface area contributed by atoms with E-state index in [0.717, 1.165) is 66.6 Å². The predicted molar refractivity (Wildman–Crippen MR) is 508 cm³/mol. The smallest absolute Gasteiger partial charge is 0.512 e. The number of halogens is 1. The minimum Gasteiger partial charge on any atom is -0.512 e. The summed E-state index contributed by atoms with van der Waals surface area (Å²) in [5, 5.41) is 38.3. The number of fused-ring (bicyclic) bond motifs is 6. The number of benzene rings is 14. The zero-order chi connectivity index (χ0) is 82.0. The van der Waals surface area contributed by atoms with Crippen molar-refractivity contribution < 1.29 is 39.9 Å². The first-order valence-electron chi connectivity index (χ1n) is 40.7. The molecule has 14 aromatic carbocycles. The van der Waals surface area contributed by atoms with Crippen LogP contribution in [0.15, 0.2) is 405 Å². The molecule has 2 aliphatic carbocycles. The maximum atomic E-state index is 8.98. The van der Waals surface area contributed by atoms with E-state index in [9.17, 15) is 0 Å². The average Bonchev–Trinajstić information content (AvgIpc) is 1.64. The quantitative estimate of drug-likeness (QED) is 0.0605. The summed E-state index contributed by atoms with van der Waals surface area (Å²) in [6, 6.07) is 145. The average molecular weight is 1860 g/mol. The molecule has 4 aliphatic rings. The van der Waals surface area contributed by atoms with Crippen molar-refractivity contribution in [1.29, 1.82) is 15.8 Å². The van der Waals surface area contributed by atoms with Gasteiger partial charge in [0.2, 0.25) is 0 Å². The molecule has 0 spiro atoms. The normalized spacial score (nSPS) is 13.3. The first-order valence-corrected chi connectivity index (χ1v) is 46.9. The van der Waals surface area contributed by atoms with Crippen molar-refractivity contribution in [3.8, 4) is 6.07 Å². The molecule has 0 amide bonds. The summed E-state index contributed by atoms with van der Waals surface area (Å²) in [4.78, 5) is 14.9. The third-order valence-electron chi connectivity index (χ3n) is 21.6. The molecule has 9 nitrogen and oxygen atoms in total. The number of nitrogens with zero attached hydrogens (tertiary/aromatic N) is 9. The molecule has 600 valence electrons. The molecule has 0 N–H and O–H groups in total. The van der Waals surface area contributed by atoms with Gasteiger partial charge in [0, 0.05) is 89.1 Å². The maximum absolute atomic E-state index is 8.98. The summed E-state index contributed by atoms with van der Waals surface area (Å²) < 4.78 is 5.87. The van der Waals surface area contributed by atoms with Gasteiger partial charge in [-0.05, 0) is 157 Å². The first kappa shape index (κ1) is 91.6. The Balaban J connectivity index is 0.000000140. The van der Waals surface area contributed by atoms with Gasteiger partial charge in [-0.1, -0.05) is 393 Å². The summed E-state index contributed by atoms with van der Waals surface area (Å²) in [6.07, 6.45) is 10.5. The first-order chi connectivity index (χ1) is 59.0. The molecule has 121 heavy (non-hydrogen) atoms. The number of hydrogen-bond donors (Lipinski definition) is 0. The van der Waals surface area contributed by atoms with Crippen LogP contribution in [0.2, 0.25) is 0 Å². The van der Waals surface area contributed by atoms with Crippen LogP contribution in [-0.2, 0) is 65.8 Å². The largest absolute Gasteiger partial charge is 2.00 e. The van der Waals surface area contributed by atoms with E-state index in [-0.39, 0.29) is 39.9 Å². The van der Waals surface area contributed by atoms with Gasteiger partial charge in [0.15, 0.2) is 0 Å². The monoisotopic (exact) mass is 1860 g/mol. The van der Waals surface area contributed by atoms with Crippen LogP contribution < -0.4 is 63.7 Å². The molecule has 2 fully saturated rings. The number of aromatic nitrogens is 4. The number of nitriles is 1. The van der Waals surface area contributed by atoms with Crippen LogP contribution in [0.3, 0.4) is 0 Å². The van der Waals surface area contributed by atoms with E-state index in [1.165, 1.54) is 138 Å². The molecule has 16 heteroatoms. The van der Waals surface area contributed by atoms with Crippen LogP contribution in [-0.4, -0.2) is 67.2 Å². The van der Waals surface area contributed by atoms with Gasteiger partial charge in [0.25, 0.3) is 0 Å². The van der Waals surface area contributed by atoms with E-state index in [4.69, 9.17) is 38.9 Å². The fraction of sp³-hybridized carbons (Fsp3) is 0.152. The molecule has 2 aromatic heterocycles. The van der Waals surface area contributed by atoms with Gasteiger partial charge in [-0.25, -0.2) is 9.97 Å². The van der Waals surface area contributed by atoms with Crippen LogP contribution in [0.5, 0.6) is 0 Å². The molecule has 20 rings (SSSR count). The minimum absolute atomic E-state index is 0.